The Morgan fingerprint density at radius 2 is 2.25 bits per heavy atom. The lowest BCUT2D eigenvalue weighted by atomic mass is 10.2. The van der Waals surface area contributed by atoms with Gasteiger partial charge in [0.15, 0.2) is 0 Å². The lowest BCUT2D eigenvalue weighted by molar-refractivity contribution is 0.704. The second kappa shape index (κ2) is 5.53. The molecule has 1 aliphatic carbocycles. The quantitative estimate of drug-likeness (QED) is 0.705. The van der Waals surface area contributed by atoms with Crippen LogP contribution in [0.3, 0.4) is 0 Å². The number of hydrogen-bond acceptors (Lipinski definition) is 2. The monoisotopic (exact) mass is 238 g/mol. The second-order valence-corrected chi connectivity index (χ2v) is 4.70. The summed E-state index contributed by atoms with van der Waals surface area (Å²) in [6, 6.07) is 4.92. The molecule has 2 rings (SSSR count). The zero-order valence-electron chi connectivity index (χ0n) is 9.82. The Hall–Kier alpha value is -0.760. The fraction of sp³-hybridized carbons (Fsp3) is 0.615. The largest absolute Gasteiger partial charge is 0.354 e. The molecule has 0 aromatic carbocycles. The van der Waals surface area contributed by atoms with E-state index in [9.17, 15) is 0 Å². The maximum atomic E-state index is 5.76. The molecule has 1 saturated carbocycles. The summed E-state index contributed by atoms with van der Waals surface area (Å²) in [5.41, 5.74) is 1.09. The van der Waals surface area contributed by atoms with Crippen molar-refractivity contribution in [1.29, 1.82) is 0 Å². The van der Waals surface area contributed by atoms with E-state index >= 15 is 0 Å². The van der Waals surface area contributed by atoms with Crippen molar-refractivity contribution in [3.63, 3.8) is 0 Å². The summed E-state index contributed by atoms with van der Waals surface area (Å²) in [7, 11) is 0. The van der Waals surface area contributed by atoms with Crippen LogP contribution >= 0.6 is 11.6 Å². The molecule has 88 valence electrons. The number of hydrogen-bond donors (Lipinski definition) is 0. The average molecular weight is 239 g/mol. The standard InChI is InChI=1S/C13H19ClN2/c1-2-3-8-16(12-5-6-12)13-7-4-11(9-14)10-15-13/h4,7,10,12H,2-3,5-6,8-9H2,1H3. The zero-order valence-corrected chi connectivity index (χ0v) is 10.6. The molecule has 0 unspecified atom stereocenters. The number of alkyl halides is 1. The number of nitrogens with zero attached hydrogens (tertiary/aromatic N) is 2. The van der Waals surface area contributed by atoms with Crippen molar-refractivity contribution in [3.8, 4) is 0 Å². The Labute approximate surface area is 103 Å². The molecule has 0 radical (unpaired) electrons. The summed E-state index contributed by atoms with van der Waals surface area (Å²) in [6.07, 6.45) is 7.02. The highest BCUT2D eigenvalue weighted by atomic mass is 35.5. The molecule has 1 heterocycles. The van der Waals surface area contributed by atoms with Gasteiger partial charge in [-0.1, -0.05) is 19.4 Å². The molecule has 2 nitrogen and oxygen atoms in total. The van der Waals surface area contributed by atoms with Crippen LogP contribution in [0.15, 0.2) is 18.3 Å². The minimum Gasteiger partial charge on any atom is -0.354 e. The van der Waals surface area contributed by atoms with Crippen molar-refractivity contribution in [3.05, 3.63) is 23.9 Å². The van der Waals surface area contributed by atoms with E-state index in [0.29, 0.717) is 5.88 Å². The first kappa shape index (κ1) is 11.7. The maximum Gasteiger partial charge on any atom is 0.128 e. The zero-order chi connectivity index (χ0) is 11.4. The van der Waals surface area contributed by atoms with Crippen molar-refractivity contribution < 1.29 is 0 Å². The summed E-state index contributed by atoms with van der Waals surface area (Å²) in [6.45, 7) is 3.36. The molecule has 1 aliphatic rings. The molecule has 0 saturated heterocycles. The van der Waals surface area contributed by atoms with Gasteiger partial charge in [0.1, 0.15) is 5.82 Å². The van der Waals surface area contributed by atoms with Crippen molar-refractivity contribution in [2.45, 2.75) is 44.5 Å². The van der Waals surface area contributed by atoms with Gasteiger partial charge in [-0.3, -0.25) is 0 Å². The molecular weight excluding hydrogens is 220 g/mol. The molecular formula is C13H19ClN2. The molecule has 0 N–H and O–H groups in total. The van der Waals surface area contributed by atoms with Gasteiger partial charge in [-0.25, -0.2) is 4.98 Å². The van der Waals surface area contributed by atoms with Crippen molar-refractivity contribution >= 4 is 17.4 Å². The first-order valence-corrected chi connectivity index (χ1v) is 6.66. The average Bonchev–Trinajstić information content (AvgIpc) is 3.15. The first-order valence-electron chi connectivity index (χ1n) is 6.12. The summed E-state index contributed by atoms with van der Waals surface area (Å²) < 4.78 is 0. The van der Waals surface area contributed by atoms with Crippen LogP contribution in [0.1, 0.15) is 38.2 Å². The second-order valence-electron chi connectivity index (χ2n) is 4.44. The van der Waals surface area contributed by atoms with E-state index in [0.717, 1.165) is 24.0 Å². The van der Waals surface area contributed by atoms with Crippen molar-refractivity contribution in [1.82, 2.24) is 4.98 Å². The molecule has 1 fully saturated rings. The van der Waals surface area contributed by atoms with Gasteiger partial charge in [0, 0.05) is 24.7 Å². The highest BCUT2D eigenvalue weighted by Gasteiger charge is 2.29. The third-order valence-electron chi connectivity index (χ3n) is 3.00. The van der Waals surface area contributed by atoms with E-state index in [1.165, 1.54) is 25.7 Å². The number of halogens is 1. The summed E-state index contributed by atoms with van der Waals surface area (Å²) in [4.78, 5) is 6.95. The fourth-order valence-corrected chi connectivity index (χ4v) is 2.02. The Kier molecular flexibility index (Phi) is 4.05. The minimum absolute atomic E-state index is 0.547. The predicted molar refractivity (Wildman–Crippen MR) is 69.1 cm³/mol. The molecule has 0 amide bonds. The van der Waals surface area contributed by atoms with Crippen LogP contribution in [0.5, 0.6) is 0 Å². The van der Waals surface area contributed by atoms with Gasteiger partial charge in [-0.05, 0) is 30.9 Å². The fourth-order valence-electron chi connectivity index (χ4n) is 1.86. The number of unbranched alkanes of at least 4 members (excludes halogenated alkanes) is 1. The van der Waals surface area contributed by atoms with Crippen molar-refractivity contribution in [2.24, 2.45) is 0 Å². The van der Waals surface area contributed by atoms with Crippen LogP contribution in [0, 0.1) is 0 Å². The normalized spacial score (nSPS) is 15.1. The topological polar surface area (TPSA) is 16.1 Å². The predicted octanol–water partition coefficient (Wildman–Crippen LogP) is 3.59. The van der Waals surface area contributed by atoms with Crippen LogP contribution < -0.4 is 4.90 Å². The Balaban J connectivity index is 2.05. The van der Waals surface area contributed by atoms with E-state index in [4.69, 9.17) is 11.6 Å². The molecule has 0 atom stereocenters. The van der Waals surface area contributed by atoms with Crippen LogP contribution in [0.25, 0.3) is 0 Å². The van der Waals surface area contributed by atoms with E-state index in [-0.39, 0.29) is 0 Å². The molecule has 0 bridgehead atoms. The van der Waals surface area contributed by atoms with Crippen LogP contribution in [0.4, 0.5) is 5.82 Å². The first-order chi connectivity index (χ1) is 7.85. The van der Waals surface area contributed by atoms with Gasteiger partial charge in [0.25, 0.3) is 0 Å². The Morgan fingerprint density at radius 3 is 2.75 bits per heavy atom. The van der Waals surface area contributed by atoms with Crippen LogP contribution in [-0.4, -0.2) is 17.6 Å². The molecule has 16 heavy (non-hydrogen) atoms. The Morgan fingerprint density at radius 1 is 1.44 bits per heavy atom. The van der Waals surface area contributed by atoms with Crippen LogP contribution in [-0.2, 0) is 5.88 Å². The van der Waals surface area contributed by atoms with E-state index < -0.39 is 0 Å². The Bertz CT molecular complexity index is 319. The van der Waals surface area contributed by atoms with Gasteiger partial charge >= 0.3 is 0 Å². The van der Waals surface area contributed by atoms with E-state index in [1.807, 2.05) is 6.20 Å². The highest BCUT2D eigenvalue weighted by molar-refractivity contribution is 6.17. The number of rotatable bonds is 6. The highest BCUT2D eigenvalue weighted by Crippen LogP contribution is 2.30. The summed E-state index contributed by atoms with van der Waals surface area (Å²) in [5, 5.41) is 0. The lowest BCUT2D eigenvalue weighted by Gasteiger charge is -2.23. The van der Waals surface area contributed by atoms with Gasteiger partial charge in [-0.2, -0.15) is 0 Å². The van der Waals surface area contributed by atoms with Gasteiger partial charge < -0.3 is 4.90 Å². The van der Waals surface area contributed by atoms with Crippen LogP contribution in [0.2, 0.25) is 0 Å². The SMILES string of the molecule is CCCCN(c1ccc(CCl)cn1)C1CC1. The summed E-state index contributed by atoms with van der Waals surface area (Å²) in [5.74, 6) is 1.66. The number of anilines is 1. The smallest absolute Gasteiger partial charge is 0.128 e. The molecule has 0 aliphatic heterocycles. The third-order valence-corrected chi connectivity index (χ3v) is 3.31. The number of aromatic nitrogens is 1. The molecule has 3 heteroatoms. The lowest BCUT2D eigenvalue weighted by Crippen LogP contribution is -2.27. The van der Waals surface area contributed by atoms with Gasteiger partial charge in [0.2, 0.25) is 0 Å². The maximum absolute atomic E-state index is 5.76. The molecule has 0 spiro atoms. The number of pyridine rings is 1. The van der Waals surface area contributed by atoms with E-state index in [1.54, 1.807) is 0 Å². The molecule has 1 aromatic heterocycles. The van der Waals surface area contributed by atoms with Gasteiger partial charge in [-0.15, -0.1) is 11.6 Å². The van der Waals surface area contributed by atoms with Crippen molar-refractivity contribution in [2.75, 3.05) is 11.4 Å². The molecule has 1 aromatic rings. The van der Waals surface area contributed by atoms with E-state index in [2.05, 4.69) is 28.9 Å². The van der Waals surface area contributed by atoms with Gasteiger partial charge in [0.05, 0.1) is 0 Å². The summed E-state index contributed by atoms with van der Waals surface area (Å²) >= 11 is 5.76. The third kappa shape index (κ3) is 2.88. The minimum atomic E-state index is 0.547.